The number of aromatic amines is 1. The van der Waals surface area contributed by atoms with Gasteiger partial charge in [-0.1, -0.05) is 32.0 Å². The number of hydrazone groups is 1. The summed E-state index contributed by atoms with van der Waals surface area (Å²) in [4.78, 5) is 24.3. The molecule has 2 rings (SSSR count). The molecule has 1 aromatic carbocycles. The normalized spacial score (nSPS) is 11.8. The molecule has 0 aliphatic rings. The van der Waals surface area contributed by atoms with Crippen molar-refractivity contribution in [1.29, 1.82) is 0 Å². The summed E-state index contributed by atoms with van der Waals surface area (Å²) in [6, 6.07) is 9.31. The van der Waals surface area contributed by atoms with Crippen LogP contribution in [-0.4, -0.2) is 21.4 Å². The fourth-order valence-corrected chi connectivity index (χ4v) is 2.35. The molecule has 6 heteroatoms. The molecule has 6 nitrogen and oxygen atoms in total. The number of hydrogen-bond acceptors (Lipinski definition) is 3. The van der Waals surface area contributed by atoms with Crippen molar-refractivity contribution in [3.8, 4) is 5.69 Å². The highest BCUT2D eigenvalue weighted by Crippen LogP contribution is 2.07. The van der Waals surface area contributed by atoms with Crippen LogP contribution in [-0.2, 0) is 4.79 Å². The molecule has 0 fully saturated rings. The Morgan fingerprint density at radius 3 is 2.57 bits per heavy atom. The van der Waals surface area contributed by atoms with E-state index in [4.69, 9.17) is 0 Å². The van der Waals surface area contributed by atoms with Gasteiger partial charge < -0.3 is 0 Å². The lowest BCUT2D eigenvalue weighted by Crippen LogP contribution is -2.24. The molecule has 1 heterocycles. The van der Waals surface area contributed by atoms with Crippen LogP contribution in [0.5, 0.6) is 0 Å². The minimum Gasteiger partial charge on any atom is -0.295 e. The van der Waals surface area contributed by atoms with Gasteiger partial charge in [-0.05, 0) is 31.9 Å². The number of rotatable bonds is 5. The highest BCUT2D eigenvalue weighted by atomic mass is 16.2. The van der Waals surface area contributed by atoms with Crippen molar-refractivity contribution in [2.45, 2.75) is 34.1 Å². The van der Waals surface area contributed by atoms with E-state index in [2.05, 4.69) is 15.6 Å². The van der Waals surface area contributed by atoms with Crippen LogP contribution in [0.25, 0.3) is 5.69 Å². The number of aromatic nitrogens is 2. The number of H-pyrrole nitrogens is 1. The molecule has 0 aliphatic carbocycles. The second-order valence-corrected chi connectivity index (χ2v) is 5.92. The smallest absolute Gasteiger partial charge is 0.280 e. The van der Waals surface area contributed by atoms with E-state index in [1.54, 1.807) is 6.92 Å². The van der Waals surface area contributed by atoms with Crippen LogP contribution in [0, 0.1) is 12.8 Å². The van der Waals surface area contributed by atoms with Gasteiger partial charge in [0.05, 0.1) is 17.0 Å². The van der Waals surface area contributed by atoms with Crippen molar-refractivity contribution in [1.82, 2.24) is 15.2 Å². The van der Waals surface area contributed by atoms with Crippen LogP contribution in [0.3, 0.4) is 0 Å². The van der Waals surface area contributed by atoms with Gasteiger partial charge in [0.1, 0.15) is 0 Å². The average molecular weight is 314 g/mol. The largest absolute Gasteiger partial charge is 0.295 e. The van der Waals surface area contributed by atoms with E-state index in [9.17, 15) is 9.59 Å². The third kappa shape index (κ3) is 3.97. The van der Waals surface area contributed by atoms with Crippen molar-refractivity contribution in [2.24, 2.45) is 11.0 Å². The Balaban J connectivity index is 2.28. The highest BCUT2D eigenvalue weighted by molar-refractivity contribution is 6.00. The summed E-state index contributed by atoms with van der Waals surface area (Å²) < 4.78 is 1.47. The Morgan fingerprint density at radius 1 is 1.30 bits per heavy atom. The van der Waals surface area contributed by atoms with Crippen molar-refractivity contribution in [2.75, 3.05) is 0 Å². The zero-order valence-corrected chi connectivity index (χ0v) is 13.9. The number of nitrogens with one attached hydrogen (secondary N) is 2. The molecule has 0 saturated carbocycles. The molecule has 23 heavy (non-hydrogen) atoms. The minimum atomic E-state index is -0.187. The number of para-hydroxylation sites is 1. The predicted molar refractivity (Wildman–Crippen MR) is 90.9 cm³/mol. The van der Waals surface area contributed by atoms with Crippen LogP contribution in [0.1, 0.15) is 38.4 Å². The lowest BCUT2D eigenvalue weighted by atomic mass is 10.1. The maximum absolute atomic E-state index is 12.6. The number of benzene rings is 1. The van der Waals surface area contributed by atoms with Crippen molar-refractivity contribution < 1.29 is 4.79 Å². The molecule has 1 aromatic heterocycles. The van der Waals surface area contributed by atoms with Gasteiger partial charge in [-0.25, -0.2) is 10.1 Å². The van der Waals surface area contributed by atoms with E-state index in [1.165, 1.54) is 4.68 Å². The summed E-state index contributed by atoms with van der Waals surface area (Å²) >= 11 is 0. The second-order valence-electron chi connectivity index (χ2n) is 5.92. The lowest BCUT2D eigenvalue weighted by Gasteiger charge is -2.03. The maximum atomic E-state index is 12.6. The SMILES string of the molecule is C/C(=N\NC(=O)CC(C)C)c1c(C)[nH]n(-c2ccccc2)c1=O. The number of carbonyl (C=O) groups excluding carboxylic acids is 1. The van der Waals surface area contributed by atoms with Crippen molar-refractivity contribution in [3.63, 3.8) is 0 Å². The van der Waals surface area contributed by atoms with E-state index in [1.807, 2.05) is 51.1 Å². The molecule has 0 atom stereocenters. The Hall–Kier alpha value is -2.63. The third-order valence-corrected chi connectivity index (χ3v) is 3.39. The van der Waals surface area contributed by atoms with E-state index in [-0.39, 0.29) is 17.4 Å². The minimum absolute atomic E-state index is 0.157. The molecule has 0 radical (unpaired) electrons. The van der Waals surface area contributed by atoms with Crippen LogP contribution >= 0.6 is 0 Å². The first-order chi connectivity index (χ1) is 10.9. The zero-order valence-electron chi connectivity index (χ0n) is 13.9. The van der Waals surface area contributed by atoms with Crippen LogP contribution in [0.2, 0.25) is 0 Å². The number of aryl methyl sites for hydroxylation is 1. The van der Waals surface area contributed by atoms with Gasteiger partial charge in [0.2, 0.25) is 5.91 Å². The standard InChI is InChI=1S/C17H22N4O2/c1-11(2)10-15(22)19-18-12(3)16-13(4)20-21(17(16)23)14-8-6-5-7-9-14/h5-9,11,20H,10H2,1-4H3,(H,19,22)/b18-12+. The number of carbonyl (C=O) groups is 1. The number of hydrogen-bond donors (Lipinski definition) is 2. The first-order valence-corrected chi connectivity index (χ1v) is 7.60. The summed E-state index contributed by atoms with van der Waals surface area (Å²) in [5.74, 6) is 0.103. The highest BCUT2D eigenvalue weighted by Gasteiger charge is 2.15. The fraction of sp³-hybridized carbons (Fsp3) is 0.353. The fourth-order valence-electron chi connectivity index (χ4n) is 2.35. The van der Waals surface area contributed by atoms with Crippen LogP contribution < -0.4 is 11.0 Å². The molecule has 1 amide bonds. The second kappa shape index (κ2) is 7.09. The molecule has 2 aromatic rings. The van der Waals surface area contributed by atoms with E-state index < -0.39 is 0 Å². The lowest BCUT2D eigenvalue weighted by molar-refractivity contribution is -0.121. The Labute approximate surface area is 135 Å². The number of nitrogens with zero attached hydrogens (tertiary/aromatic N) is 2. The Kier molecular flexibility index (Phi) is 5.16. The first kappa shape index (κ1) is 16.7. The number of amides is 1. The van der Waals surface area contributed by atoms with Gasteiger partial charge in [-0.15, -0.1) is 0 Å². The van der Waals surface area contributed by atoms with Crippen LogP contribution in [0.4, 0.5) is 0 Å². The summed E-state index contributed by atoms with van der Waals surface area (Å²) in [6.07, 6.45) is 0.400. The molecule has 2 N–H and O–H groups in total. The zero-order chi connectivity index (χ0) is 17.0. The molecular weight excluding hydrogens is 292 g/mol. The van der Waals surface area contributed by atoms with Gasteiger partial charge in [0.15, 0.2) is 0 Å². The van der Waals surface area contributed by atoms with Crippen molar-refractivity contribution in [3.05, 3.63) is 51.9 Å². The Bertz CT molecular complexity index is 770. The van der Waals surface area contributed by atoms with Gasteiger partial charge in [-0.3, -0.25) is 14.7 Å². The summed E-state index contributed by atoms with van der Waals surface area (Å²) in [6.45, 7) is 7.45. The molecule has 0 bridgehead atoms. The van der Waals surface area contributed by atoms with Gasteiger partial charge in [-0.2, -0.15) is 5.10 Å². The topological polar surface area (TPSA) is 79.2 Å². The van der Waals surface area contributed by atoms with E-state index >= 15 is 0 Å². The molecular formula is C17H22N4O2. The predicted octanol–water partition coefficient (Wildman–Crippen LogP) is 2.36. The van der Waals surface area contributed by atoms with Gasteiger partial charge in [0.25, 0.3) is 5.56 Å². The molecule has 0 aliphatic heterocycles. The van der Waals surface area contributed by atoms with Crippen LogP contribution in [0.15, 0.2) is 40.2 Å². The van der Waals surface area contributed by atoms with Crippen molar-refractivity contribution >= 4 is 11.6 Å². The quantitative estimate of drug-likeness (QED) is 0.656. The summed E-state index contributed by atoms with van der Waals surface area (Å²) in [7, 11) is 0. The van der Waals surface area contributed by atoms with Gasteiger partial charge in [0, 0.05) is 12.1 Å². The molecule has 0 spiro atoms. The Morgan fingerprint density at radius 2 is 1.96 bits per heavy atom. The summed E-state index contributed by atoms with van der Waals surface area (Å²) in [5.41, 5.74) is 4.73. The first-order valence-electron chi connectivity index (χ1n) is 7.60. The van der Waals surface area contributed by atoms with Gasteiger partial charge >= 0.3 is 0 Å². The third-order valence-electron chi connectivity index (χ3n) is 3.39. The summed E-state index contributed by atoms with van der Waals surface area (Å²) in [5, 5.41) is 7.10. The molecule has 0 saturated heterocycles. The maximum Gasteiger partial charge on any atom is 0.280 e. The average Bonchev–Trinajstić information content (AvgIpc) is 2.80. The van der Waals surface area contributed by atoms with E-state index in [0.717, 1.165) is 5.69 Å². The monoisotopic (exact) mass is 314 g/mol. The van der Waals surface area contributed by atoms with E-state index in [0.29, 0.717) is 23.4 Å². The molecule has 122 valence electrons. The molecule has 0 unspecified atom stereocenters.